The minimum Gasteiger partial charge on any atom is -0.390 e. The first-order chi connectivity index (χ1) is 11.7. The maximum atomic E-state index is 10.5. The smallest absolute Gasteiger partial charge is 0.174 e. The maximum Gasteiger partial charge on any atom is 0.174 e. The maximum absolute atomic E-state index is 10.5. The first-order valence-electron chi connectivity index (χ1n) is 9.96. The standard InChI is InChI=1S/C20H36O3S2/c1-17(2,21)16-7-10-18(3,20(15-16)22-11-12-23-20)8-5-9-19(4)24-13-6-14-25-19/h16,21H,5-15H2,1-4H3/t16-,18+/m1/s1. The highest BCUT2D eigenvalue weighted by molar-refractivity contribution is 8.18. The third-order valence-electron chi connectivity index (χ3n) is 6.70. The number of aliphatic hydroxyl groups is 1. The molecule has 0 unspecified atom stereocenters. The molecule has 2 atom stereocenters. The first kappa shape index (κ1) is 20.3. The third kappa shape index (κ3) is 4.37. The molecule has 0 bridgehead atoms. The van der Waals surface area contributed by atoms with Crippen LogP contribution in [0.3, 0.4) is 0 Å². The van der Waals surface area contributed by atoms with E-state index in [9.17, 15) is 5.11 Å². The lowest BCUT2D eigenvalue weighted by molar-refractivity contribution is -0.272. The molecule has 5 heteroatoms. The van der Waals surface area contributed by atoms with Gasteiger partial charge in [0, 0.05) is 11.8 Å². The summed E-state index contributed by atoms with van der Waals surface area (Å²) in [4.78, 5) is 0. The Morgan fingerprint density at radius 3 is 2.32 bits per heavy atom. The highest BCUT2D eigenvalue weighted by Gasteiger charge is 2.57. The normalized spacial score (nSPS) is 35.2. The molecule has 1 N–H and O–H groups in total. The molecule has 1 saturated carbocycles. The second kappa shape index (κ2) is 7.54. The molecule has 3 nitrogen and oxygen atoms in total. The van der Waals surface area contributed by atoms with E-state index in [4.69, 9.17) is 9.47 Å². The van der Waals surface area contributed by atoms with Gasteiger partial charge in [0.05, 0.1) is 22.9 Å². The minimum absolute atomic E-state index is 0.0611. The van der Waals surface area contributed by atoms with Gasteiger partial charge in [-0.1, -0.05) is 13.3 Å². The van der Waals surface area contributed by atoms with Crippen molar-refractivity contribution < 1.29 is 14.6 Å². The van der Waals surface area contributed by atoms with Gasteiger partial charge in [0.2, 0.25) is 0 Å². The summed E-state index contributed by atoms with van der Waals surface area (Å²) in [6, 6.07) is 0. The van der Waals surface area contributed by atoms with Gasteiger partial charge in [-0.2, -0.15) is 0 Å². The number of hydrogen-bond donors (Lipinski definition) is 1. The summed E-state index contributed by atoms with van der Waals surface area (Å²) in [5.41, 5.74) is -0.599. The van der Waals surface area contributed by atoms with Crippen molar-refractivity contribution in [2.75, 3.05) is 24.7 Å². The summed E-state index contributed by atoms with van der Waals surface area (Å²) < 4.78 is 12.9. The van der Waals surface area contributed by atoms with E-state index >= 15 is 0 Å². The van der Waals surface area contributed by atoms with Crippen LogP contribution >= 0.6 is 23.5 Å². The van der Waals surface area contributed by atoms with Gasteiger partial charge in [-0.3, -0.25) is 0 Å². The van der Waals surface area contributed by atoms with Crippen molar-refractivity contribution in [2.45, 2.75) is 88.1 Å². The van der Waals surface area contributed by atoms with Crippen LogP contribution < -0.4 is 0 Å². The Kier molecular flexibility index (Phi) is 6.13. The van der Waals surface area contributed by atoms with E-state index in [2.05, 4.69) is 37.4 Å². The number of ether oxygens (including phenoxy) is 2. The fourth-order valence-electron chi connectivity index (χ4n) is 4.82. The molecule has 2 saturated heterocycles. The van der Waals surface area contributed by atoms with Gasteiger partial charge in [-0.25, -0.2) is 0 Å². The Labute approximate surface area is 162 Å². The van der Waals surface area contributed by atoms with Gasteiger partial charge >= 0.3 is 0 Å². The molecule has 25 heavy (non-hydrogen) atoms. The van der Waals surface area contributed by atoms with Gasteiger partial charge in [-0.05, 0) is 70.3 Å². The average Bonchev–Trinajstić information content (AvgIpc) is 3.00. The molecule has 2 aliphatic heterocycles. The second-order valence-corrected chi connectivity index (χ2v) is 12.6. The van der Waals surface area contributed by atoms with E-state index in [1.807, 2.05) is 13.8 Å². The van der Waals surface area contributed by atoms with E-state index in [-0.39, 0.29) is 11.3 Å². The van der Waals surface area contributed by atoms with Crippen molar-refractivity contribution in [1.29, 1.82) is 0 Å². The van der Waals surface area contributed by atoms with E-state index < -0.39 is 11.4 Å². The Balaban J connectivity index is 1.64. The summed E-state index contributed by atoms with van der Waals surface area (Å²) in [7, 11) is 0. The van der Waals surface area contributed by atoms with Gasteiger partial charge in [-0.15, -0.1) is 23.5 Å². The van der Waals surface area contributed by atoms with Crippen LogP contribution in [0.4, 0.5) is 0 Å². The first-order valence-corrected chi connectivity index (χ1v) is 11.9. The van der Waals surface area contributed by atoms with Gasteiger partial charge < -0.3 is 14.6 Å². The lowest BCUT2D eigenvalue weighted by atomic mass is 9.62. The Hall–Kier alpha value is 0.580. The summed E-state index contributed by atoms with van der Waals surface area (Å²) in [6.45, 7) is 10.0. The fraction of sp³-hybridized carbons (Fsp3) is 1.00. The lowest BCUT2D eigenvalue weighted by Crippen LogP contribution is -2.55. The van der Waals surface area contributed by atoms with Crippen LogP contribution in [0.15, 0.2) is 0 Å². The molecule has 1 aliphatic carbocycles. The molecule has 3 fully saturated rings. The topological polar surface area (TPSA) is 38.7 Å². The molecule has 0 aromatic heterocycles. The number of hydrogen-bond acceptors (Lipinski definition) is 5. The lowest BCUT2D eigenvalue weighted by Gasteiger charge is -2.52. The number of rotatable bonds is 5. The molecule has 0 aromatic rings. The van der Waals surface area contributed by atoms with Crippen molar-refractivity contribution in [3.63, 3.8) is 0 Å². The average molecular weight is 389 g/mol. The zero-order valence-electron chi connectivity index (χ0n) is 16.4. The van der Waals surface area contributed by atoms with Crippen LogP contribution in [0.1, 0.15) is 72.6 Å². The Bertz CT molecular complexity index is 450. The number of thioether (sulfide) groups is 2. The van der Waals surface area contributed by atoms with Crippen LogP contribution in [0.25, 0.3) is 0 Å². The molecule has 146 valence electrons. The Morgan fingerprint density at radius 2 is 1.72 bits per heavy atom. The van der Waals surface area contributed by atoms with Gasteiger partial charge in [0.1, 0.15) is 0 Å². The van der Waals surface area contributed by atoms with Crippen LogP contribution in [0, 0.1) is 11.3 Å². The van der Waals surface area contributed by atoms with Crippen molar-refractivity contribution in [2.24, 2.45) is 11.3 Å². The van der Waals surface area contributed by atoms with E-state index in [0.717, 1.165) is 25.7 Å². The largest absolute Gasteiger partial charge is 0.390 e. The molecule has 0 aromatic carbocycles. The minimum atomic E-state index is -0.660. The molecule has 1 spiro atoms. The van der Waals surface area contributed by atoms with E-state index in [1.165, 1.54) is 30.8 Å². The Morgan fingerprint density at radius 1 is 1.08 bits per heavy atom. The van der Waals surface area contributed by atoms with E-state index in [0.29, 0.717) is 17.3 Å². The molecule has 3 aliphatic rings. The molecular weight excluding hydrogens is 352 g/mol. The van der Waals surface area contributed by atoms with E-state index in [1.54, 1.807) is 0 Å². The SMILES string of the molecule is CC1(CCC[C@@]2(C)CC[C@@H](C(C)(C)O)CC23OCCO3)SCCCS1. The highest BCUT2D eigenvalue weighted by Crippen LogP contribution is 2.56. The van der Waals surface area contributed by atoms with Crippen molar-refractivity contribution in [3.8, 4) is 0 Å². The monoisotopic (exact) mass is 388 g/mol. The quantitative estimate of drug-likeness (QED) is 0.712. The van der Waals surface area contributed by atoms with Crippen LogP contribution in [0.2, 0.25) is 0 Å². The van der Waals surface area contributed by atoms with Crippen LogP contribution in [0.5, 0.6) is 0 Å². The molecule has 3 rings (SSSR count). The second-order valence-electron chi connectivity index (χ2n) is 9.14. The molecular formula is C20H36O3S2. The summed E-state index contributed by atoms with van der Waals surface area (Å²) in [5, 5.41) is 10.5. The van der Waals surface area contributed by atoms with Crippen molar-refractivity contribution >= 4 is 23.5 Å². The molecule has 2 heterocycles. The highest BCUT2D eigenvalue weighted by atomic mass is 32.2. The summed E-state index contributed by atoms with van der Waals surface area (Å²) in [5.74, 6) is 2.39. The van der Waals surface area contributed by atoms with Crippen LogP contribution in [-0.4, -0.2) is 45.3 Å². The summed E-state index contributed by atoms with van der Waals surface area (Å²) in [6.07, 6.45) is 7.98. The van der Waals surface area contributed by atoms with Gasteiger partial charge in [0.15, 0.2) is 5.79 Å². The van der Waals surface area contributed by atoms with Gasteiger partial charge in [0.25, 0.3) is 0 Å². The zero-order valence-corrected chi connectivity index (χ0v) is 18.1. The zero-order chi connectivity index (χ0) is 18.2. The van der Waals surface area contributed by atoms with Crippen molar-refractivity contribution in [3.05, 3.63) is 0 Å². The fourth-order valence-corrected chi connectivity index (χ4v) is 7.85. The molecule has 0 radical (unpaired) electrons. The predicted molar refractivity (Wildman–Crippen MR) is 108 cm³/mol. The van der Waals surface area contributed by atoms with Crippen molar-refractivity contribution in [1.82, 2.24) is 0 Å². The van der Waals surface area contributed by atoms with Crippen LogP contribution in [-0.2, 0) is 9.47 Å². The summed E-state index contributed by atoms with van der Waals surface area (Å²) >= 11 is 4.29. The third-order valence-corrected chi connectivity index (χ3v) is 10.0. The molecule has 0 amide bonds. The predicted octanol–water partition coefficient (Wildman–Crippen LogP) is 5.06.